The standard InChI is InChI=1S/C15H19N3O4S/c1-8-11-13(16-6-10-7-21-4-5-22-10)17-9(2)18-14(11)23-12(8)15(19)20-3/h10H,4-7H2,1-3H3,(H,16,17,18)/t10-/m1/s1. The molecule has 124 valence electrons. The number of rotatable bonds is 4. The van der Waals surface area contributed by atoms with Crippen molar-refractivity contribution in [2.24, 2.45) is 0 Å². The topological polar surface area (TPSA) is 82.6 Å². The Labute approximate surface area is 138 Å². The first-order valence-electron chi connectivity index (χ1n) is 7.39. The van der Waals surface area contributed by atoms with Crippen molar-refractivity contribution in [3.8, 4) is 0 Å². The van der Waals surface area contributed by atoms with E-state index in [0.29, 0.717) is 42.9 Å². The van der Waals surface area contributed by atoms with Crippen LogP contribution in [0.15, 0.2) is 0 Å². The molecule has 0 saturated carbocycles. The second kappa shape index (κ2) is 6.77. The Morgan fingerprint density at radius 2 is 2.22 bits per heavy atom. The van der Waals surface area contributed by atoms with Crippen molar-refractivity contribution in [2.45, 2.75) is 20.0 Å². The maximum atomic E-state index is 11.9. The van der Waals surface area contributed by atoms with E-state index in [2.05, 4.69) is 15.3 Å². The zero-order chi connectivity index (χ0) is 16.4. The number of methoxy groups -OCH3 is 1. The Morgan fingerprint density at radius 1 is 1.39 bits per heavy atom. The third kappa shape index (κ3) is 3.29. The highest BCUT2D eigenvalue weighted by atomic mass is 32.1. The van der Waals surface area contributed by atoms with Crippen LogP contribution in [-0.4, -0.2) is 55.5 Å². The number of carbonyl (C=O) groups excluding carboxylic acids is 1. The molecule has 0 radical (unpaired) electrons. The van der Waals surface area contributed by atoms with E-state index in [1.807, 2.05) is 13.8 Å². The van der Waals surface area contributed by atoms with Crippen molar-refractivity contribution in [1.29, 1.82) is 0 Å². The number of ether oxygens (including phenoxy) is 3. The quantitative estimate of drug-likeness (QED) is 0.854. The van der Waals surface area contributed by atoms with E-state index in [-0.39, 0.29) is 12.1 Å². The minimum atomic E-state index is -0.349. The summed E-state index contributed by atoms with van der Waals surface area (Å²) < 4.78 is 15.9. The molecule has 3 rings (SSSR count). The van der Waals surface area contributed by atoms with Crippen molar-refractivity contribution in [3.63, 3.8) is 0 Å². The van der Waals surface area contributed by atoms with Gasteiger partial charge in [0.15, 0.2) is 0 Å². The van der Waals surface area contributed by atoms with Gasteiger partial charge in [-0.2, -0.15) is 0 Å². The number of nitrogens with zero attached hydrogens (tertiary/aromatic N) is 2. The van der Waals surface area contributed by atoms with Gasteiger partial charge in [0.2, 0.25) is 0 Å². The Morgan fingerprint density at radius 3 is 2.91 bits per heavy atom. The van der Waals surface area contributed by atoms with Gasteiger partial charge in [0, 0.05) is 6.54 Å². The number of aryl methyl sites for hydroxylation is 2. The lowest BCUT2D eigenvalue weighted by molar-refractivity contribution is -0.0819. The minimum Gasteiger partial charge on any atom is -0.465 e. The lowest BCUT2D eigenvalue weighted by atomic mass is 10.2. The molecule has 1 aliphatic rings. The third-order valence-corrected chi connectivity index (χ3v) is 4.82. The zero-order valence-corrected chi connectivity index (χ0v) is 14.2. The second-order valence-electron chi connectivity index (χ2n) is 5.30. The Kier molecular flexibility index (Phi) is 4.74. The fourth-order valence-electron chi connectivity index (χ4n) is 2.53. The molecule has 7 nitrogen and oxygen atoms in total. The minimum absolute atomic E-state index is 0.00640. The Hall–Kier alpha value is -1.77. The molecule has 0 spiro atoms. The smallest absolute Gasteiger partial charge is 0.348 e. The summed E-state index contributed by atoms with van der Waals surface area (Å²) in [5.74, 6) is 1.02. The molecular formula is C15H19N3O4S. The van der Waals surface area contributed by atoms with Gasteiger partial charge in [0.1, 0.15) is 21.3 Å². The average molecular weight is 337 g/mol. The van der Waals surface area contributed by atoms with E-state index in [9.17, 15) is 4.79 Å². The van der Waals surface area contributed by atoms with Gasteiger partial charge >= 0.3 is 5.97 Å². The van der Waals surface area contributed by atoms with E-state index in [1.165, 1.54) is 18.4 Å². The van der Waals surface area contributed by atoms with Crippen molar-refractivity contribution in [2.75, 3.05) is 38.8 Å². The number of anilines is 1. The van der Waals surface area contributed by atoms with Crippen LogP contribution < -0.4 is 5.32 Å². The SMILES string of the molecule is COC(=O)c1sc2nc(C)nc(NC[C@@H]3COCCO3)c2c1C. The number of carbonyl (C=O) groups is 1. The number of thiophene rings is 1. The van der Waals surface area contributed by atoms with Gasteiger partial charge in [-0.15, -0.1) is 11.3 Å². The highest BCUT2D eigenvalue weighted by Crippen LogP contribution is 2.34. The molecule has 0 amide bonds. The fraction of sp³-hybridized carbons (Fsp3) is 0.533. The summed E-state index contributed by atoms with van der Waals surface area (Å²) in [5, 5.41) is 4.17. The van der Waals surface area contributed by atoms with Crippen LogP contribution in [0, 0.1) is 13.8 Å². The average Bonchev–Trinajstić information content (AvgIpc) is 2.89. The van der Waals surface area contributed by atoms with E-state index >= 15 is 0 Å². The number of esters is 1. The highest BCUT2D eigenvalue weighted by Gasteiger charge is 2.21. The molecule has 0 unspecified atom stereocenters. The fourth-order valence-corrected chi connectivity index (χ4v) is 3.67. The van der Waals surface area contributed by atoms with E-state index in [4.69, 9.17) is 14.2 Å². The largest absolute Gasteiger partial charge is 0.465 e. The molecule has 3 heterocycles. The van der Waals surface area contributed by atoms with Crippen LogP contribution >= 0.6 is 11.3 Å². The Bertz CT molecular complexity index is 725. The second-order valence-corrected chi connectivity index (χ2v) is 6.30. The first-order valence-corrected chi connectivity index (χ1v) is 8.21. The molecule has 1 aliphatic heterocycles. The van der Waals surface area contributed by atoms with E-state index in [0.717, 1.165) is 15.8 Å². The van der Waals surface area contributed by atoms with Crippen molar-refractivity contribution >= 4 is 33.3 Å². The first-order chi connectivity index (χ1) is 11.1. The molecule has 0 aliphatic carbocycles. The number of aromatic nitrogens is 2. The van der Waals surface area contributed by atoms with Crippen LogP contribution in [0.3, 0.4) is 0 Å². The van der Waals surface area contributed by atoms with E-state index in [1.54, 1.807) is 0 Å². The summed E-state index contributed by atoms with van der Waals surface area (Å²) >= 11 is 1.32. The van der Waals surface area contributed by atoms with Gasteiger partial charge in [0.05, 0.1) is 38.4 Å². The van der Waals surface area contributed by atoms with Gasteiger partial charge in [-0.1, -0.05) is 0 Å². The van der Waals surface area contributed by atoms with Crippen molar-refractivity contribution in [3.05, 3.63) is 16.3 Å². The summed E-state index contributed by atoms with van der Waals surface area (Å²) in [7, 11) is 1.38. The maximum Gasteiger partial charge on any atom is 0.348 e. The van der Waals surface area contributed by atoms with Crippen molar-refractivity contribution < 1.29 is 19.0 Å². The molecule has 1 atom stereocenters. The number of nitrogens with one attached hydrogen (secondary N) is 1. The lowest BCUT2D eigenvalue weighted by Crippen LogP contribution is -2.34. The van der Waals surface area contributed by atoms with Gasteiger partial charge in [-0.25, -0.2) is 14.8 Å². The van der Waals surface area contributed by atoms with Crippen LogP contribution in [0.1, 0.15) is 21.1 Å². The molecule has 0 bridgehead atoms. The molecule has 23 heavy (non-hydrogen) atoms. The molecule has 2 aromatic heterocycles. The molecule has 2 aromatic rings. The van der Waals surface area contributed by atoms with Crippen LogP contribution in [0.4, 0.5) is 5.82 Å². The van der Waals surface area contributed by atoms with Gasteiger partial charge in [-0.3, -0.25) is 0 Å². The van der Waals surface area contributed by atoms with Crippen molar-refractivity contribution in [1.82, 2.24) is 9.97 Å². The number of fused-ring (bicyclic) bond motifs is 1. The Balaban J connectivity index is 1.91. The molecule has 1 N–H and O–H groups in total. The third-order valence-electron chi connectivity index (χ3n) is 3.65. The van der Waals surface area contributed by atoms with Gasteiger partial charge < -0.3 is 19.5 Å². The lowest BCUT2D eigenvalue weighted by Gasteiger charge is -2.23. The monoisotopic (exact) mass is 337 g/mol. The van der Waals surface area contributed by atoms with Crippen LogP contribution in [0.5, 0.6) is 0 Å². The summed E-state index contributed by atoms with van der Waals surface area (Å²) in [4.78, 5) is 22.1. The molecular weight excluding hydrogens is 318 g/mol. The summed E-state index contributed by atoms with van der Waals surface area (Å²) in [6.07, 6.45) is -0.00640. The molecule has 0 aromatic carbocycles. The molecule has 8 heteroatoms. The predicted molar refractivity (Wildman–Crippen MR) is 87.3 cm³/mol. The van der Waals surface area contributed by atoms with Crippen LogP contribution in [0.2, 0.25) is 0 Å². The van der Waals surface area contributed by atoms with E-state index < -0.39 is 0 Å². The molecule has 1 fully saturated rings. The zero-order valence-electron chi connectivity index (χ0n) is 13.3. The van der Waals surface area contributed by atoms with Crippen LogP contribution in [0.25, 0.3) is 10.2 Å². The normalized spacial score (nSPS) is 18.1. The number of hydrogen-bond acceptors (Lipinski definition) is 8. The summed E-state index contributed by atoms with van der Waals surface area (Å²) in [6, 6.07) is 0. The maximum absolute atomic E-state index is 11.9. The first kappa shape index (κ1) is 16.1. The highest BCUT2D eigenvalue weighted by molar-refractivity contribution is 7.20. The summed E-state index contributed by atoms with van der Waals surface area (Å²) in [6.45, 7) is 6.12. The molecule has 1 saturated heterocycles. The van der Waals surface area contributed by atoms with Gasteiger partial charge in [-0.05, 0) is 19.4 Å². The van der Waals surface area contributed by atoms with Gasteiger partial charge in [0.25, 0.3) is 0 Å². The van der Waals surface area contributed by atoms with Crippen LogP contribution in [-0.2, 0) is 14.2 Å². The number of hydrogen-bond donors (Lipinski definition) is 1. The summed E-state index contributed by atoms with van der Waals surface area (Å²) in [5.41, 5.74) is 0.833. The predicted octanol–water partition coefficient (Wildman–Crippen LogP) is 1.92.